The third kappa shape index (κ3) is 5.62. The fourth-order valence-corrected chi connectivity index (χ4v) is 5.02. The van der Waals surface area contributed by atoms with Gasteiger partial charge in [-0.2, -0.15) is 22.8 Å². The summed E-state index contributed by atoms with van der Waals surface area (Å²) in [5.74, 6) is 0.983. The summed E-state index contributed by atoms with van der Waals surface area (Å²) in [6.07, 6.45) is -0.926. The SMILES string of the molecule is Cc1ccccc1-c1cc(NCC2CCCN(C(=O)Nc3ccc(C(F)(F)F)cc3)C2)n2ncc(Br)c2n1. The third-order valence-electron chi connectivity index (χ3n) is 6.69. The molecular formula is C27H26BrF3N6O. The molecule has 0 aliphatic carbocycles. The summed E-state index contributed by atoms with van der Waals surface area (Å²) in [6.45, 7) is 3.78. The molecule has 11 heteroatoms. The van der Waals surface area contributed by atoms with E-state index >= 15 is 0 Å². The van der Waals surface area contributed by atoms with Gasteiger partial charge >= 0.3 is 12.2 Å². The molecule has 0 bridgehead atoms. The van der Waals surface area contributed by atoms with E-state index in [1.807, 2.05) is 37.3 Å². The number of nitrogens with zero attached hydrogens (tertiary/aromatic N) is 4. The van der Waals surface area contributed by atoms with Crippen LogP contribution in [0.3, 0.4) is 0 Å². The van der Waals surface area contributed by atoms with E-state index in [9.17, 15) is 18.0 Å². The van der Waals surface area contributed by atoms with Gasteiger partial charge in [0.05, 0.1) is 21.9 Å². The summed E-state index contributed by atoms with van der Waals surface area (Å²) in [5, 5.41) is 10.7. The Balaban J connectivity index is 1.27. The maximum Gasteiger partial charge on any atom is 0.416 e. The number of likely N-dealkylation sites (tertiary alicyclic amines) is 1. The summed E-state index contributed by atoms with van der Waals surface area (Å²) in [6, 6.07) is 14.2. The molecule has 1 aliphatic rings. The van der Waals surface area contributed by atoms with Crippen molar-refractivity contribution in [3.8, 4) is 11.3 Å². The molecule has 2 N–H and O–H groups in total. The monoisotopic (exact) mass is 586 g/mol. The van der Waals surface area contributed by atoms with Crippen LogP contribution in [0.4, 0.5) is 29.5 Å². The number of carbonyl (C=O) groups excluding carboxylic acids is 1. The molecule has 5 rings (SSSR count). The molecule has 0 radical (unpaired) electrons. The van der Waals surface area contributed by atoms with Crippen molar-refractivity contribution in [1.82, 2.24) is 19.5 Å². The molecule has 2 amide bonds. The molecule has 38 heavy (non-hydrogen) atoms. The van der Waals surface area contributed by atoms with Crippen LogP contribution in [0.1, 0.15) is 24.0 Å². The number of benzene rings is 2. The van der Waals surface area contributed by atoms with E-state index in [1.54, 1.807) is 15.6 Å². The number of halogens is 4. The van der Waals surface area contributed by atoms with Gasteiger partial charge in [-0.15, -0.1) is 0 Å². The van der Waals surface area contributed by atoms with Gasteiger partial charge in [-0.1, -0.05) is 24.3 Å². The average molecular weight is 587 g/mol. The molecule has 198 valence electrons. The Morgan fingerprint density at radius 2 is 1.92 bits per heavy atom. The molecule has 2 aromatic heterocycles. The average Bonchev–Trinajstić information content (AvgIpc) is 3.28. The number of anilines is 2. The Hall–Kier alpha value is -3.60. The lowest BCUT2D eigenvalue weighted by molar-refractivity contribution is -0.137. The number of hydrogen-bond acceptors (Lipinski definition) is 4. The first-order chi connectivity index (χ1) is 18.2. The predicted octanol–water partition coefficient (Wildman–Crippen LogP) is 6.84. The number of fused-ring (bicyclic) bond motifs is 1. The molecule has 0 spiro atoms. The first-order valence-corrected chi connectivity index (χ1v) is 13.1. The van der Waals surface area contributed by atoms with Gasteiger partial charge in [-0.05, 0) is 71.4 Å². The van der Waals surface area contributed by atoms with E-state index in [-0.39, 0.29) is 11.9 Å². The molecule has 7 nitrogen and oxygen atoms in total. The second-order valence-electron chi connectivity index (χ2n) is 9.41. The van der Waals surface area contributed by atoms with Crippen LogP contribution in [0, 0.1) is 12.8 Å². The number of carbonyl (C=O) groups is 1. The molecule has 1 unspecified atom stereocenters. The van der Waals surface area contributed by atoms with Crippen LogP contribution in [0.5, 0.6) is 0 Å². The number of urea groups is 1. The van der Waals surface area contributed by atoms with Gasteiger partial charge in [-0.25, -0.2) is 9.78 Å². The van der Waals surface area contributed by atoms with Crippen LogP contribution in [0.2, 0.25) is 0 Å². The van der Waals surface area contributed by atoms with Crippen molar-refractivity contribution in [2.45, 2.75) is 25.9 Å². The molecule has 1 fully saturated rings. The lowest BCUT2D eigenvalue weighted by Gasteiger charge is -2.33. The largest absolute Gasteiger partial charge is 0.416 e. The molecule has 1 aliphatic heterocycles. The molecule has 1 atom stereocenters. The van der Waals surface area contributed by atoms with E-state index < -0.39 is 11.7 Å². The smallest absolute Gasteiger partial charge is 0.370 e. The maximum atomic E-state index is 12.8. The predicted molar refractivity (Wildman–Crippen MR) is 144 cm³/mol. The topological polar surface area (TPSA) is 74.6 Å². The second kappa shape index (κ2) is 10.6. The zero-order chi connectivity index (χ0) is 26.9. The van der Waals surface area contributed by atoms with E-state index in [4.69, 9.17) is 4.98 Å². The first-order valence-electron chi connectivity index (χ1n) is 12.3. The normalized spacial score (nSPS) is 16.0. The lowest BCUT2D eigenvalue weighted by atomic mass is 9.98. The quantitative estimate of drug-likeness (QED) is 0.268. The van der Waals surface area contributed by atoms with Crippen molar-refractivity contribution in [1.29, 1.82) is 0 Å². The minimum absolute atomic E-state index is 0.186. The first kappa shape index (κ1) is 26.0. The van der Waals surface area contributed by atoms with Crippen molar-refractivity contribution in [2.24, 2.45) is 5.92 Å². The van der Waals surface area contributed by atoms with Crippen molar-refractivity contribution >= 4 is 39.1 Å². The Labute approximate surface area is 226 Å². The summed E-state index contributed by atoms with van der Waals surface area (Å²) in [5.41, 5.74) is 3.27. The van der Waals surface area contributed by atoms with Crippen LogP contribution in [-0.2, 0) is 6.18 Å². The number of nitrogens with one attached hydrogen (secondary N) is 2. The van der Waals surface area contributed by atoms with E-state index in [0.29, 0.717) is 31.0 Å². The highest BCUT2D eigenvalue weighted by molar-refractivity contribution is 9.10. The number of aryl methyl sites for hydroxylation is 1. The summed E-state index contributed by atoms with van der Waals surface area (Å²) < 4.78 is 41.0. The van der Waals surface area contributed by atoms with Crippen molar-refractivity contribution in [3.05, 3.63) is 76.4 Å². The van der Waals surface area contributed by atoms with Gasteiger partial charge in [-0.3, -0.25) is 0 Å². The van der Waals surface area contributed by atoms with Crippen LogP contribution < -0.4 is 10.6 Å². The maximum absolute atomic E-state index is 12.8. The van der Waals surface area contributed by atoms with Gasteiger partial charge in [0.15, 0.2) is 5.65 Å². The van der Waals surface area contributed by atoms with Crippen molar-refractivity contribution in [2.75, 3.05) is 30.3 Å². The van der Waals surface area contributed by atoms with E-state index in [1.165, 1.54) is 12.1 Å². The van der Waals surface area contributed by atoms with Crippen LogP contribution in [-0.4, -0.2) is 45.2 Å². The Morgan fingerprint density at radius 3 is 2.66 bits per heavy atom. The van der Waals surface area contributed by atoms with Crippen LogP contribution in [0.15, 0.2) is 65.3 Å². The Bertz CT molecular complexity index is 1450. The van der Waals surface area contributed by atoms with Gasteiger partial charge in [0.2, 0.25) is 0 Å². The van der Waals surface area contributed by atoms with Gasteiger partial charge in [0.25, 0.3) is 0 Å². The highest BCUT2D eigenvalue weighted by Gasteiger charge is 2.30. The second-order valence-corrected chi connectivity index (χ2v) is 10.3. The molecule has 3 heterocycles. The molecule has 0 saturated carbocycles. The molecule has 4 aromatic rings. The fraction of sp³-hybridized carbons (Fsp3) is 0.296. The highest BCUT2D eigenvalue weighted by atomic mass is 79.9. The summed E-state index contributed by atoms with van der Waals surface area (Å²) in [4.78, 5) is 19.3. The van der Waals surface area contributed by atoms with Gasteiger partial charge < -0.3 is 15.5 Å². The number of piperidine rings is 1. The minimum Gasteiger partial charge on any atom is -0.370 e. The Morgan fingerprint density at radius 1 is 1.16 bits per heavy atom. The third-order valence-corrected chi connectivity index (χ3v) is 7.25. The Kier molecular flexibility index (Phi) is 7.29. The van der Waals surface area contributed by atoms with Crippen molar-refractivity contribution in [3.63, 3.8) is 0 Å². The summed E-state index contributed by atoms with van der Waals surface area (Å²) in [7, 11) is 0. The molecule has 1 saturated heterocycles. The van der Waals surface area contributed by atoms with E-state index in [0.717, 1.165) is 52.1 Å². The van der Waals surface area contributed by atoms with Gasteiger partial charge in [0.1, 0.15) is 5.82 Å². The van der Waals surface area contributed by atoms with E-state index in [2.05, 4.69) is 31.7 Å². The number of hydrogen-bond donors (Lipinski definition) is 2. The lowest BCUT2D eigenvalue weighted by Crippen LogP contribution is -2.44. The number of rotatable bonds is 5. The van der Waals surface area contributed by atoms with Crippen molar-refractivity contribution < 1.29 is 18.0 Å². The molecular weight excluding hydrogens is 561 g/mol. The number of aromatic nitrogens is 3. The fourth-order valence-electron chi connectivity index (χ4n) is 4.67. The summed E-state index contributed by atoms with van der Waals surface area (Å²) >= 11 is 3.54. The standard InChI is InChI=1S/C27H26BrF3N6O/c1-17-5-2-3-7-21(17)23-13-24(37-25(35-23)22(28)15-33-37)32-14-18-6-4-12-36(16-18)26(38)34-20-10-8-19(9-11-20)27(29,30)31/h2-3,5,7-11,13,15,18,32H,4,6,12,14,16H2,1H3,(H,34,38). The highest BCUT2D eigenvalue weighted by Crippen LogP contribution is 2.30. The number of alkyl halides is 3. The van der Waals surface area contributed by atoms with Crippen LogP contribution >= 0.6 is 15.9 Å². The van der Waals surface area contributed by atoms with Gasteiger partial charge in [0, 0.05) is 37.0 Å². The molecule has 2 aromatic carbocycles. The number of amides is 2. The van der Waals surface area contributed by atoms with Crippen LogP contribution in [0.25, 0.3) is 16.9 Å². The zero-order valence-corrected chi connectivity index (χ0v) is 22.2. The minimum atomic E-state index is -4.41. The zero-order valence-electron chi connectivity index (χ0n) is 20.6.